The smallest absolute Gasteiger partial charge is 0.243 e. The quantitative estimate of drug-likeness (QED) is 0.772. The van der Waals surface area contributed by atoms with Crippen LogP contribution in [0.5, 0.6) is 0 Å². The molecule has 0 spiro atoms. The summed E-state index contributed by atoms with van der Waals surface area (Å²) in [6, 6.07) is 5.19. The van der Waals surface area contributed by atoms with Gasteiger partial charge in [0, 0.05) is 32.7 Å². The molecule has 0 radical (unpaired) electrons. The Bertz CT molecular complexity index is 738. The summed E-state index contributed by atoms with van der Waals surface area (Å²) in [5.74, 6) is -0.0641. The van der Waals surface area contributed by atoms with Crippen LogP contribution < -0.4 is 5.32 Å². The molecule has 7 heteroatoms. The first-order chi connectivity index (χ1) is 11.8. The molecule has 0 bridgehead atoms. The summed E-state index contributed by atoms with van der Waals surface area (Å²) in [5, 5.41) is 2.78. The predicted molar refractivity (Wildman–Crippen MR) is 98.9 cm³/mol. The molecule has 2 rings (SSSR count). The summed E-state index contributed by atoms with van der Waals surface area (Å²) in [7, 11) is -3.51. The van der Waals surface area contributed by atoms with Crippen LogP contribution in [0.2, 0.25) is 0 Å². The van der Waals surface area contributed by atoms with Crippen molar-refractivity contribution in [2.45, 2.75) is 31.7 Å². The Morgan fingerprint density at radius 2 is 1.92 bits per heavy atom. The van der Waals surface area contributed by atoms with Crippen LogP contribution in [-0.4, -0.2) is 62.3 Å². The second-order valence-electron chi connectivity index (χ2n) is 6.42. The zero-order chi connectivity index (χ0) is 18.6. The molecule has 1 aromatic carbocycles. The lowest BCUT2D eigenvalue weighted by atomic mass is 10.2. The van der Waals surface area contributed by atoms with Gasteiger partial charge in [0.25, 0.3) is 0 Å². The van der Waals surface area contributed by atoms with Gasteiger partial charge in [0.1, 0.15) is 0 Å². The van der Waals surface area contributed by atoms with Crippen LogP contribution in [0.1, 0.15) is 18.1 Å². The van der Waals surface area contributed by atoms with Gasteiger partial charge in [0.2, 0.25) is 15.9 Å². The molecule has 1 fully saturated rings. The van der Waals surface area contributed by atoms with Gasteiger partial charge >= 0.3 is 0 Å². The highest BCUT2D eigenvalue weighted by Crippen LogP contribution is 2.22. The van der Waals surface area contributed by atoms with Gasteiger partial charge in [0.15, 0.2) is 0 Å². The van der Waals surface area contributed by atoms with E-state index in [1.807, 2.05) is 37.8 Å². The number of benzene rings is 1. The topological polar surface area (TPSA) is 69.7 Å². The van der Waals surface area contributed by atoms with E-state index >= 15 is 0 Å². The first-order valence-electron chi connectivity index (χ1n) is 8.47. The van der Waals surface area contributed by atoms with Crippen molar-refractivity contribution in [1.29, 1.82) is 0 Å². The summed E-state index contributed by atoms with van der Waals surface area (Å²) < 4.78 is 27.4. The Hall–Kier alpha value is -1.70. The lowest BCUT2D eigenvalue weighted by Gasteiger charge is -2.36. The summed E-state index contributed by atoms with van der Waals surface area (Å²) >= 11 is 0. The molecule has 1 aromatic rings. The molecule has 1 aliphatic rings. The van der Waals surface area contributed by atoms with Crippen LogP contribution in [0.25, 0.3) is 0 Å². The molecular formula is C18H27N3O3S. The zero-order valence-electron chi connectivity index (χ0n) is 15.2. The molecule has 0 saturated carbocycles. The third kappa shape index (κ3) is 4.48. The van der Waals surface area contributed by atoms with Gasteiger partial charge < -0.3 is 5.32 Å². The second kappa shape index (κ2) is 8.12. The Morgan fingerprint density at radius 1 is 1.28 bits per heavy atom. The molecule has 1 saturated heterocycles. The van der Waals surface area contributed by atoms with Crippen molar-refractivity contribution in [2.24, 2.45) is 0 Å². The van der Waals surface area contributed by atoms with Gasteiger partial charge in [-0.15, -0.1) is 6.58 Å². The molecule has 1 N–H and O–H groups in total. The average molecular weight is 365 g/mol. The highest BCUT2D eigenvalue weighted by Gasteiger charge is 2.32. The van der Waals surface area contributed by atoms with Crippen molar-refractivity contribution in [2.75, 3.05) is 32.7 Å². The SMILES string of the molecule is C=CCNC(=O)[C@@H](C)N1CCN(S(=O)(=O)c2cc(C)ccc2C)CC1. The monoisotopic (exact) mass is 365 g/mol. The zero-order valence-corrected chi connectivity index (χ0v) is 16.0. The Balaban J connectivity index is 2.05. The van der Waals surface area contributed by atoms with Crippen molar-refractivity contribution in [3.8, 4) is 0 Å². The highest BCUT2D eigenvalue weighted by molar-refractivity contribution is 7.89. The minimum absolute atomic E-state index is 0.0641. The lowest BCUT2D eigenvalue weighted by Crippen LogP contribution is -2.54. The molecule has 138 valence electrons. The molecule has 25 heavy (non-hydrogen) atoms. The minimum atomic E-state index is -3.51. The van der Waals surface area contributed by atoms with E-state index in [1.165, 1.54) is 4.31 Å². The number of rotatable bonds is 6. The third-order valence-electron chi connectivity index (χ3n) is 4.58. The van der Waals surface area contributed by atoms with Crippen molar-refractivity contribution in [3.05, 3.63) is 42.0 Å². The van der Waals surface area contributed by atoms with Crippen LogP contribution in [0.4, 0.5) is 0 Å². The maximum Gasteiger partial charge on any atom is 0.243 e. The maximum absolute atomic E-state index is 12.9. The van der Waals surface area contributed by atoms with Crippen LogP contribution in [0.3, 0.4) is 0 Å². The normalized spacial score (nSPS) is 17.9. The third-order valence-corrected chi connectivity index (χ3v) is 6.62. The molecule has 0 aromatic heterocycles. The number of piperazine rings is 1. The number of nitrogens with one attached hydrogen (secondary N) is 1. The first kappa shape index (κ1) is 19.6. The summed E-state index contributed by atoms with van der Waals surface area (Å²) in [5.41, 5.74) is 1.68. The lowest BCUT2D eigenvalue weighted by molar-refractivity contribution is -0.126. The minimum Gasteiger partial charge on any atom is -0.351 e. The number of aryl methyl sites for hydroxylation is 2. The molecular weight excluding hydrogens is 338 g/mol. The van der Waals surface area contributed by atoms with Gasteiger partial charge in [-0.2, -0.15) is 4.31 Å². The van der Waals surface area contributed by atoms with Crippen LogP contribution >= 0.6 is 0 Å². The second-order valence-corrected chi connectivity index (χ2v) is 8.33. The molecule has 0 unspecified atom stereocenters. The number of amides is 1. The van der Waals surface area contributed by atoms with Crippen LogP contribution in [0, 0.1) is 13.8 Å². The molecule has 1 atom stereocenters. The van der Waals surface area contributed by atoms with E-state index in [1.54, 1.807) is 12.1 Å². The van der Waals surface area contributed by atoms with E-state index < -0.39 is 10.0 Å². The van der Waals surface area contributed by atoms with Gasteiger partial charge in [-0.1, -0.05) is 18.2 Å². The summed E-state index contributed by atoms with van der Waals surface area (Å²) in [6.45, 7) is 11.4. The largest absolute Gasteiger partial charge is 0.351 e. The van der Waals surface area contributed by atoms with Crippen molar-refractivity contribution in [1.82, 2.24) is 14.5 Å². The summed E-state index contributed by atoms with van der Waals surface area (Å²) in [4.78, 5) is 14.4. The Morgan fingerprint density at radius 3 is 2.52 bits per heavy atom. The Labute approximate surface area is 150 Å². The first-order valence-corrected chi connectivity index (χ1v) is 9.91. The van der Waals surface area contributed by atoms with E-state index in [0.29, 0.717) is 37.6 Å². The van der Waals surface area contributed by atoms with Crippen molar-refractivity contribution in [3.63, 3.8) is 0 Å². The van der Waals surface area contributed by atoms with Gasteiger partial charge in [-0.25, -0.2) is 8.42 Å². The molecule has 6 nitrogen and oxygen atoms in total. The number of hydrogen-bond donors (Lipinski definition) is 1. The average Bonchev–Trinajstić information content (AvgIpc) is 2.61. The fraction of sp³-hybridized carbons (Fsp3) is 0.500. The number of carbonyl (C=O) groups excluding carboxylic acids is 1. The molecule has 0 aliphatic carbocycles. The predicted octanol–water partition coefficient (Wildman–Crippen LogP) is 1.30. The fourth-order valence-electron chi connectivity index (χ4n) is 2.94. The number of hydrogen-bond acceptors (Lipinski definition) is 4. The van der Waals surface area contributed by atoms with Gasteiger partial charge in [-0.3, -0.25) is 9.69 Å². The van der Waals surface area contributed by atoms with Crippen molar-refractivity contribution < 1.29 is 13.2 Å². The van der Waals surface area contributed by atoms with E-state index in [2.05, 4.69) is 11.9 Å². The van der Waals surface area contributed by atoms with Crippen molar-refractivity contribution >= 4 is 15.9 Å². The fourth-order valence-corrected chi connectivity index (χ4v) is 4.67. The molecule has 1 aliphatic heterocycles. The maximum atomic E-state index is 12.9. The Kier molecular flexibility index (Phi) is 6.37. The summed E-state index contributed by atoms with van der Waals surface area (Å²) in [6.07, 6.45) is 1.64. The van der Waals surface area contributed by atoms with E-state index in [9.17, 15) is 13.2 Å². The number of sulfonamides is 1. The van der Waals surface area contributed by atoms with Gasteiger partial charge in [-0.05, 0) is 38.0 Å². The highest BCUT2D eigenvalue weighted by atomic mass is 32.2. The number of nitrogens with zero attached hydrogens (tertiary/aromatic N) is 2. The van der Waals surface area contributed by atoms with E-state index in [-0.39, 0.29) is 11.9 Å². The van der Waals surface area contributed by atoms with E-state index in [0.717, 1.165) is 11.1 Å². The van der Waals surface area contributed by atoms with E-state index in [4.69, 9.17) is 0 Å². The number of carbonyl (C=O) groups is 1. The standard InChI is InChI=1S/C18H27N3O3S/c1-5-8-19-18(22)16(4)20-9-11-21(12-10-20)25(23,24)17-13-14(2)6-7-15(17)3/h5-7,13,16H,1,8-12H2,2-4H3,(H,19,22)/t16-/m1/s1. The van der Waals surface area contributed by atoms with Crippen LogP contribution in [-0.2, 0) is 14.8 Å². The molecule has 1 heterocycles. The van der Waals surface area contributed by atoms with Crippen LogP contribution in [0.15, 0.2) is 35.7 Å². The molecule has 1 amide bonds. The van der Waals surface area contributed by atoms with Gasteiger partial charge in [0.05, 0.1) is 10.9 Å².